The lowest BCUT2D eigenvalue weighted by Gasteiger charge is -2.48. The normalized spacial score (nSPS) is 19.2. The molecule has 4 N–H and O–H groups in total. The van der Waals surface area contributed by atoms with E-state index in [2.05, 4.69) is 40.5 Å². The number of nitrogens with zero attached hydrogens (tertiary/aromatic N) is 2. The number of hydrogen-bond acceptors (Lipinski definition) is 4. The van der Waals surface area contributed by atoms with Crippen LogP contribution in [0.4, 0.5) is 15.0 Å². The average molecular weight is 488 g/mol. The fourth-order valence-corrected chi connectivity index (χ4v) is 7.77. The van der Waals surface area contributed by atoms with Crippen LogP contribution < -0.4 is 10.6 Å². The van der Waals surface area contributed by atoms with Gasteiger partial charge in [0.1, 0.15) is 5.82 Å². The molecule has 2 aliphatic rings. The molecule has 1 saturated carbocycles. The summed E-state index contributed by atoms with van der Waals surface area (Å²) in [7, 11) is -1.74. The van der Waals surface area contributed by atoms with Gasteiger partial charge in [0.15, 0.2) is 5.82 Å². The van der Waals surface area contributed by atoms with E-state index in [1.54, 1.807) is 17.0 Å². The Morgan fingerprint density at radius 2 is 1.88 bits per heavy atom. The Morgan fingerprint density at radius 3 is 2.41 bits per heavy atom. The number of nitrogens with one attached hydrogen (secondary N) is 3. The number of aromatic nitrogens is 2. The van der Waals surface area contributed by atoms with E-state index in [1.165, 1.54) is 12.1 Å². The number of urea groups is 1. The molecular weight excluding hydrogens is 453 g/mol. The fraction of sp³-hybridized carbons (Fsp3) is 0.542. The zero-order chi connectivity index (χ0) is 24.9. The number of hydrogen-bond donors (Lipinski definition) is 4. The molecule has 0 saturated heterocycles. The van der Waals surface area contributed by atoms with Gasteiger partial charge in [-0.05, 0) is 44.4 Å². The zero-order valence-electron chi connectivity index (χ0n) is 20.5. The minimum absolute atomic E-state index is 0.0320. The first-order valence-electron chi connectivity index (χ1n) is 11.7. The maximum absolute atomic E-state index is 13.3. The van der Waals surface area contributed by atoms with Crippen molar-refractivity contribution >= 4 is 25.8 Å². The molecule has 10 heteroatoms. The van der Waals surface area contributed by atoms with Crippen molar-refractivity contribution in [3.63, 3.8) is 0 Å². The van der Waals surface area contributed by atoms with E-state index in [-0.39, 0.29) is 35.9 Å². The molecule has 1 aliphatic carbocycles. The summed E-state index contributed by atoms with van der Waals surface area (Å²) in [6, 6.07) is 4.64. The second-order valence-electron chi connectivity index (χ2n) is 10.9. The van der Waals surface area contributed by atoms with E-state index in [0.29, 0.717) is 11.4 Å². The minimum atomic E-state index is -1.74. The second kappa shape index (κ2) is 8.49. The number of carbonyl (C=O) groups is 2. The molecular formula is C24H34FN5O3Si. The predicted octanol–water partition coefficient (Wildman–Crippen LogP) is 4.24. The molecule has 2 aromatic rings. The minimum Gasteiger partial charge on any atom is -0.394 e. The molecule has 1 aromatic heterocycles. The number of benzene rings is 1. The topological polar surface area (TPSA) is 110 Å². The molecule has 0 bridgehead atoms. The molecule has 0 radical (unpaired) electrons. The van der Waals surface area contributed by atoms with Gasteiger partial charge in [-0.15, -0.1) is 0 Å². The van der Waals surface area contributed by atoms with Gasteiger partial charge in [0, 0.05) is 10.6 Å². The second-order valence-corrected chi connectivity index (χ2v) is 16.4. The van der Waals surface area contributed by atoms with Crippen LogP contribution in [-0.2, 0) is 16.9 Å². The lowest BCUT2D eigenvalue weighted by molar-refractivity contribution is -0.121. The Morgan fingerprint density at radius 1 is 1.24 bits per heavy atom. The first-order chi connectivity index (χ1) is 15.9. The van der Waals surface area contributed by atoms with E-state index >= 15 is 0 Å². The van der Waals surface area contributed by atoms with Crippen molar-refractivity contribution in [1.29, 1.82) is 0 Å². The van der Waals surface area contributed by atoms with Gasteiger partial charge in [0.2, 0.25) is 5.91 Å². The van der Waals surface area contributed by atoms with Gasteiger partial charge in [-0.2, -0.15) is 5.10 Å². The SMILES string of the molecule is CC1(C)c2[nH]nc(NC(=O)C3([Si](C)(C)C)CCC3)c2CN1C(=O)N[C@H](CO)c1ccc(F)cc1. The van der Waals surface area contributed by atoms with Crippen LogP contribution in [0.3, 0.4) is 0 Å². The number of halogens is 1. The molecule has 1 aromatic carbocycles. The smallest absolute Gasteiger partial charge is 0.319 e. The summed E-state index contributed by atoms with van der Waals surface area (Å²) in [4.78, 5) is 28.2. The molecule has 3 amide bonds. The quantitative estimate of drug-likeness (QED) is 0.457. The number of rotatable bonds is 6. The number of amides is 3. The Kier molecular flexibility index (Phi) is 6.10. The van der Waals surface area contributed by atoms with Crippen molar-refractivity contribution in [3.05, 3.63) is 46.9 Å². The maximum Gasteiger partial charge on any atom is 0.319 e. The van der Waals surface area contributed by atoms with Gasteiger partial charge >= 0.3 is 6.03 Å². The molecule has 2 heterocycles. The van der Waals surface area contributed by atoms with E-state index in [1.807, 2.05) is 13.8 Å². The summed E-state index contributed by atoms with van der Waals surface area (Å²) in [5.41, 5.74) is 1.47. The van der Waals surface area contributed by atoms with Gasteiger partial charge in [0.25, 0.3) is 0 Å². The number of carbonyl (C=O) groups excluding carboxylic acids is 2. The van der Waals surface area contributed by atoms with Gasteiger partial charge in [-0.25, -0.2) is 9.18 Å². The van der Waals surface area contributed by atoms with E-state index in [0.717, 1.165) is 30.5 Å². The monoisotopic (exact) mass is 487 g/mol. The van der Waals surface area contributed by atoms with Crippen molar-refractivity contribution in [3.8, 4) is 0 Å². The van der Waals surface area contributed by atoms with Crippen molar-refractivity contribution in [2.75, 3.05) is 11.9 Å². The third kappa shape index (κ3) is 3.92. The van der Waals surface area contributed by atoms with Crippen LogP contribution in [-0.4, -0.2) is 46.8 Å². The molecule has 0 spiro atoms. The number of fused-ring (bicyclic) bond motifs is 1. The summed E-state index contributed by atoms with van der Waals surface area (Å²) in [6.07, 6.45) is 2.89. The molecule has 8 nitrogen and oxygen atoms in total. The molecule has 1 aliphatic heterocycles. The average Bonchev–Trinajstić information content (AvgIpc) is 3.23. The van der Waals surface area contributed by atoms with Crippen molar-refractivity contribution < 1.29 is 19.1 Å². The lowest BCUT2D eigenvalue weighted by Crippen LogP contribution is -2.52. The fourth-order valence-electron chi connectivity index (χ4n) is 5.18. The Bertz CT molecular complexity index is 1090. The number of H-pyrrole nitrogens is 1. The largest absolute Gasteiger partial charge is 0.394 e. The van der Waals surface area contributed by atoms with Gasteiger partial charge < -0.3 is 20.6 Å². The molecule has 34 heavy (non-hydrogen) atoms. The number of aliphatic hydroxyl groups is 1. The van der Waals surface area contributed by atoms with Gasteiger partial charge in [-0.3, -0.25) is 9.89 Å². The zero-order valence-corrected chi connectivity index (χ0v) is 21.5. The van der Waals surface area contributed by atoms with Crippen LogP contribution in [0.25, 0.3) is 0 Å². The standard InChI is InChI=1S/C24H34FN5O3Si/c1-23(2)19-17(20(29-28-19)27-21(32)24(11-6-12-24)34(3,4)5)13-30(23)22(33)26-18(14-31)15-7-9-16(25)10-8-15/h7-10,18,31H,6,11-14H2,1-5H3,(H,26,33)(H2,27,28,29,32)/t18-/m1/s1. The highest BCUT2D eigenvalue weighted by Crippen LogP contribution is 2.56. The summed E-state index contributed by atoms with van der Waals surface area (Å²) in [6.45, 7) is 10.4. The molecule has 4 rings (SSSR count). The van der Waals surface area contributed by atoms with Crippen LogP contribution in [0.1, 0.15) is 56.0 Å². The van der Waals surface area contributed by atoms with Crippen molar-refractivity contribution in [2.45, 2.75) is 75.9 Å². The summed E-state index contributed by atoms with van der Waals surface area (Å²) >= 11 is 0. The first-order valence-corrected chi connectivity index (χ1v) is 15.2. The maximum atomic E-state index is 13.3. The van der Waals surface area contributed by atoms with Crippen LogP contribution in [0.5, 0.6) is 0 Å². The van der Waals surface area contributed by atoms with Crippen LogP contribution in [0.15, 0.2) is 24.3 Å². The number of anilines is 1. The molecule has 1 fully saturated rings. The Hall–Kier alpha value is -2.72. The molecule has 0 unspecified atom stereocenters. The third-order valence-electron chi connectivity index (χ3n) is 7.78. The van der Waals surface area contributed by atoms with Crippen molar-refractivity contribution in [2.24, 2.45) is 0 Å². The van der Waals surface area contributed by atoms with E-state index in [9.17, 15) is 19.1 Å². The summed E-state index contributed by atoms with van der Waals surface area (Å²) in [5, 5.41) is 22.9. The van der Waals surface area contributed by atoms with Crippen LogP contribution in [0, 0.1) is 5.82 Å². The first kappa shape index (κ1) is 24.4. The molecule has 184 valence electrons. The van der Waals surface area contributed by atoms with Crippen molar-refractivity contribution in [1.82, 2.24) is 20.4 Å². The highest BCUT2D eigenvalue weighted by atomic mass is 28.3. The Balaban J connectivity index is 1.52. The molecule has 1 atom stereocenters. The van der Waals surface area contributed by atoms with E-state index < -0.39 is 19.7 Å². The van der Waals surface area contributed by atoms with Gasteiger partial charge in [0.05, 0.1) is 38.5 Å². The number of aromatic amines is 1. The van der Waals surface area contributed by atoms with Gasteiger partial charge in [-0.1, -0.05) is 38.2 Å². The Labute approximate surface area is 200 Å². The third-order valence-corrected chi connectivity index (χ3v) is 11.4. The van der Waals surface area contributed by atoms with Crippen LogP contribution >= 0.6 is 0 Å². The highest BCUT2D eigenvalue weighted by Gasteiger charge is 2.54. The highest BCUT2D eigenvalue weighted by molar-refractivity contribution is 6.83. The van der Waals surface area contributed by atoms with Crippen LogP contribution in [0.2, 0.25) is 24.7 Å². The number of aliphatic hydroxyl groups excluding tert-OH is 1. The lowest BCUT2D eigenvalue weighted by atomic mass is 9.83. The predicted molar refractivity (Wildman–Crippen MR) is 130 cm³/mol. The summed E-state index contributed by atoms with van der Waals surface area (Å²) < 4.78 is 13.3. The summed E-state index contributed by atoms with van der Waals surface area (Å²) in [5.74, 6) is 0.125. The van der Waals surface area contributed by atoms with E-state index in [4.69, 9.17) is 0 Å².